The molecule has 2 N–H and O–H groups in total. The maximum atomic E-state index is 10.6. The third-order valence-electron chi connectivity index (χ3n) is 1.90. The van der Waals surface area contributed by atoms with Crippen molar-refractivity contribution in [1.82, 2.24) is 10.4 Å². The lowest BCUT2D eigenvalue weighted by atomic mass is 10.2. The maximum Gasteiger partial charge on any atom is 0.335 e. The summed E-state index contributed by atoms with van der Waals surface area (Å²) in [5.74, 6) is 0.0338. The summed E-state index contributed by atoms with van der Waals surface area (Å²) in [6.45, 7) is 1.13. The Bertz CT molecular complexity index is 282. The Morgan fingerprint density at radius 2 is 2.58 bits per heavy atom. The average molecular weight is 167 g/mol. The van der Waals surface area contributed by atoms with E-state index in [9.17, 15) is 4.79 Å². The summed E-state index contributed by atoms with van der Waals surface area (Å²) in [5.41, 5.74) is 3.33. The van der Waals surface area contributed by atoms with Crippen molar-refractivity contribution >= 4 is 11.8 Å². The second-order valence-corrected chi connectivity index (χ2v) is 2.72. The molecular formula is C7H9N3O2. The van der Waals surface area contributed by atoms with E-state index in [1.165, 1.54) is 0 Å². The van der Waals surface area contributed by atoms with Crippen LogP contribution in [0.2, 0.25) is 0 Å². The van der Waals surface area contributed by atoms with E-state index in [-0.39, 0.29) is 0 Å². The Kier molecular flexibility index (Phi) is 1.58. The molecule has 0 atom stereocenters. The zero-order valence-electron chi connectivity index (χ0n) is 6.45. The van der Waals surface area contributed by atoms with E-state index in [1.54, 1.807) is 11.2 Å². The smallest absolute Gasteiger partial charge is 0.335 e. The maximum absolute atomic E-state index is 10.6. The van der Waals surface area contributed by atoms with E-state index >= 15 is 0 Å². The minimum atomic E-state index is -0.897. The molecule has 0 aromatic heterocycles. The fraction of sp³-hybridized carbons (Fsp3) is 0.429. The Morgan fingerprint density at radius 1 is 1.75 bits per heavy atom. The van der Waals surface area contributed by atoms with Crippen LogP contribution in [0, 0.1) is 0 Å². The number of carboxylic acid groups (broad SMARTS) is 1. The molecule has 0 amide bonds. The van der Waals surface area contributed by atoms with Gasteiger partial charge < -0.3 is 5.11 Å². The van der Waals surface area contributed by atoms with Crippen molar-refractivity contribution in [2.24, 2.45) is 4.99 Å². The van der Waals surface area contributed by atoms with Gasteiger partial charge in [0.15, 0.2) is 0 Å². The predicted octanol–water partition coefficient (Wildman–Crippen LogP) is -0.423. The number of carbonyl (C=O) groups is 1. The largest absolute Gasteiger partial charge is 0.478 e. The number of fused-ring (bicyclic) bond motifs is 1. The molecule has 0 radical (unpaired) electrons. The number of nitrogens with zero attached hydrogens (tertiary/aromatic N) is 2. The monoisotopic (exact) mass is 167 g/mol. The van der Waals surface area contributed by atoms with E-state index in [4.69, 9.17) is 5.11 Å². The number of hydrogen-bond donors (Lipinski definition) is 2. The highest BCUT2D eigenvalue weighted by Crippen LogP contribution is 2.11. The third-order valence-corrected chi connectivity index (χ3v) is 1.90. The number of aliphatic carboxylic acids is 1. The van der Waals surface area contributed by atoms with Gasteiger partial charge in [-0.15, -0.1) is 0 Å². The number of hydrogen-bond acceptors (Lipinski definition) is 4. The van der Waals surface area contributed by atoms with Crippen LogP contribution in [0.25, 0.3) is 0 Å². The minimum absolute atomic E-state index is 0.294. The summed E-state index contributed by atoms with van der Waals surface area (Å²) >= 11 is 0. The Labute approximate surface area is 69.4 Å². The second kappa shape index (κ2) is 2.60. The lowest BCUT2D eigenvalue weighted by molar-refractivity contribution is -0.132. The van der Waals surface area contributed by atoms with Crippen molar-refractivity contribution in [3.63, 3.8) is 0 Å². The normalized spacial score (nSPS) is 21.5. The molecule has 2 aliphatic heterocycles. The van der Waals surface area contributed by atoms with Gasteiger partial charge in [-0.25, -0.2) is 10.2 Å². The number of nitrogens with one attached hydrogen (secondary N) is 1. The van der Waals surface area contributed by atoms with Gasteiger partial charge in [0, 0.05) is 19.2 Å². The van der Waals surface area contributed by atoms with Crippen LogP contribution in [0.15, 0.2) is 16.8 Å². The molecule has 0 unspecified atom stereocenters. The molecule has 0 aromatic carbocycles. The van der Waals surface area contributed by atoms with E-state index in [2.05, 4.69) is 10.4 Å². The number of carboxylic acids is 1. The zero-order valence-corrected chi connectivity index (χ0v) is 6.45. The van der Waals surface area contributed by atoms with Crippen LogP contribution in [0.1, 0.15) is 6.42 Å². The topological polar surface area (TPSA) is 64.9 Å². The second-order valence-electron chi connectivity index (χ2n) is 2.72. The van der Waals surface area contributed by atoms with Gasteiger partial charge in [-0.2, -0.15) is 0 Å². The van der Waals surface area contributed by atoms with Crippen LogP contribution in [0.5, 0.6) is 0 Å². The molecule has 64 valence electrons. The summed E-state index contributed by atoms with van der Waals surface area (Å²) < 4.78 is 0. The van der Waals surface area contributed by atoms with Gasteiger partial charge >= 0.3 is 5.97 Å². The van der Waals surface area contributed by atoms with Crippen molar-refractivity contribution in [2.45, 2.75) is 6.42 Å². The van der Waals surface area contributed by atoms with Crippen molar-refractivity contribution in [2.75, 3.05) is 13.1 Å². The summed E-state index contributed by atoms with van der Waals surface area (Å²) in [4.78, 5) is 14.7. The van der Waals surface area contributed by atoms with Gasteiger partial charge in [-0.1, -0.05) is 0 Å². The van der Waals surface area contributed by atoms with Crippen molar-refractivity contribution in [3.05, 3.63) is 11.8 Å². The molecule has 0 aromatic rings. The van der Waals surface area contributed by atoms with Crippen molar-refractivity contribution < 1.29 is 9.90 Å². The Balaban J connectivity index is 2.20. The zero-order chi connectivity index (χ0) is 8.55. The number of amidine groups is 1. The van der Waals surface area contributed by atoms with Crippen molar-refractivity contribution in [3.8, 4) is 0 Å². The lowest BCUT2D eigenvalue weighted by Crippen LogP contribution is -2.33. The molecule has 12 heavy (non-hydrogen) atoms. The number of aliphatic imine (C=N–C) groups is 1. The first-order valence-electron chi connectivity index (χ1n) is 3.77. The van der Waals surface area contributed by atoms with Gasteiger partial charge in [-0.05, 0) is 0 Å². The molecule has 2 rings (SSSR count). The van der Waals surface area contributed by atoms with Crippen molar-refractivity contribution in [1.29, 1.82) is 0 Å². The predicted molar refractivity (Wildman–Crippen MR) is 42.5 cm³/mol. The summed E-state index contributed by atoms with van der Waals surface area (Å²) in [5, 5.41) is 10.4. The first-order valence-corrected chi connectivity index (χ1v) is 3.77. The molecule has 5 nitrogen and oxygen atoms in total. The average Bonchev–Trinajstić information content (AvgIpc) is 2.49. The van der Waals surface area contributed by atoms with E-state index < -0.39 is 5.97 Å². The van der Waals surface area contributed by atoms with Gasteiger partial charge in [-0.3, -0.25) is 10.0 Å². The van der Waals surface area contributed by atoms with Gasteiger partial charge in [0.05, 0.1) is 12.1 Å². The quantitative estimate of drug-likeness (QED) is 0.556. The van der Waals surface area contributed by atoms with E-state index in [0.717, 1.165) is 18.8 Å². The van der Waals surface area contributed by atoms with Crippen LogP contribution < -0.4 is 5.43 Å². The highest BCUT2D eigenvalue weighted by molar-refractivity contribution is 5.92. The first kappa shape index (κ1) is 7.30. The van der Waals surface area contributed by atoms with Crippen LogP contribution in [0.3, 0.4) is 0 Å². The van der Waals surface area contributed by atoms with Gasteiger partial charge in [0.1, 0.15) is 5.84 Å². The standard InChI is InChI=1S/C7H9N3O2/c11-7(12)5-3-8-6-1-2-9-10(6)4-5/h4,9H,1-3H2,(H,11,12). The van der Waals surface area contributed by atoms with E-state index in [0.29, 0.717) is 12.1 Å². The molecular weight excluding hydrogens is 158 g/mol. The molecule has 0 spiro atoms. The SMILES string of the molecule is O=C(O)C1=CN2NCCC2=NC1. The molecule has 5 heteroatoms. The molecule has 2 heterocycles. The molecule has 0 saturated carbocycles. The van der Waals surface area contributed by atoms with Gasteiger partial charge in [0.25, 0.3) is 0 Å². The van der Waals surface area contributed by atoms with Crippen LogP contribution >= 0.6 is 0 Å². The van der Waals surface area contributed by atoms with E-state index in [1.807, 2.05) is 0 Å². The third kappa shape index (κ3) is 1.08. The van der Waals surface area contributed by atoms with Crippen LogP contribution in [0.4, 0.5) is 0 Å². The van der Waals surface area contributed by atoms with Crippen LogP contribution in [-0.2, 0) is 4.79 Å². The van der Waals surface area contributed by atoms with Gasteiger partial charge in [0.2, 0.25) is 0 Å². The molecule has 1 fully saturated rings. The fourth-order valence-electron chi connectivity index (χ4n) is 1.27. The number of hydrazine groups is 1. The lowest BCUT2D eigenvalue weighted by Gasteiger charge is -2.18. The Morgan fingerprint density at radius 3 is 3.33 bits per heavy atom. The van der Waals surface area contributed by atoms with Crippen LogP contribution in [-0.4, -0.2) is 35.0 Å². The number of rotatable bonds is 1. The fourth-order valence-corrected chi connectivity index (χ4v) is 1.27. The summed E-state index contributed by atoms with van der Waals surface area (Å²) in [6, 6.07) is 0. The molecule has 0 bridgehead atoms. The molecule has 1 saturated heterocycles. The Hall–Kier alpha value is -1.36. The first-order chi connectivity index (χ1) is 5.77. The summed E-state index contributed by atoms with van der Waals surface area (Å²) in [7, 11) is 0. The highest BCUT2D eigenvalue weighted by atomic mass is 16.4. The molecule has 2 aliphatic rings. The highest BCUT2D eigenvalue weighted by Gasteiger charge is 2.22. The summed E-state index contributed by atoms with van der Waals surface area (Å²) in [6.07, 6.45) is 2.47. The minimum Gasteiger partial charge on any atom is -0.478 e. The molecule has 0 aliphatic carbocycles.